The monoisotopic (exact) mass is 419 g/mol. The number of benzene rings is 3. The third kappa shape index (κ3) is 4.22. The fourth-order valence-corrected chi connectivity index (χ4v) is 2.86. The van der Waals surface area contributed by atoms with Gasteiger partial charge in [-0.15, -0.1) is 0 Å². The van der Waals surface area contributed by atoms with Gasteiger partial charge >= 0.3 is 11.6 Å². The minimum atomic E-state index is -0.831. The van der Waals surface area contributed by atoms with Crippen molar-refractivity contribution in [3.8, 4) is 11.6 Å². The van der Waals surface area contributed by atoms with Crippen LogP contribution in [0.1, 0.15) is 10.4 Å². The maximum Gasteiger partial charge on any atom is 0.374 e. The van der Waals surface area contributed by atoms with Crippen molar-refractivity contribution in [1.29, 1.82) is 0 Å². The van der Waals surface area contributed by atoms with Crippen LogP contribution in [0.2, 0.25) is 0 Å². The van der Waals surface area contributed by atoms with E-state index in [9.17, 15) is 19.3 Å². The van der Waals surface area contributed by atoms with E-state index < -0.39 is 22.3 Å². The van der Waals surface area contributed by atoms with Crippen LogP contribution >= 0.6 is 0 Å². The van der Waals surface area contributed by atoms with Gasteiger partial charge in [0.05, 0.1) is 10.5 Å². The molecule has 2 N–H and O–H groups in total. The molecule has 9 nitrogen and oxygen atoms in total. The van der Waals surface area contributed by atoms with Gasteiger partial charge in [0.15, 0.2) is 0 Å². The van der Waals surface area contributed by atoms with Crippen LogP contribution in [0, 0.1) is 15.9 Å². The van der Waals surface area contributed by atoms with Crippen LogP contribution in [-0.2, 0) is 0 Å². The van der Waals surface area contributed by atoms with E-state index in [0.717, 1.165) is 23.2 Å². The van der Waals surface area contributed by atoms with Gasteiger partial charge in [-0.25, -0.2) is 9.37 Å². The summed E-state index contributed by atoms with van der Waals surface area (Å²) in [5, 5.41) is 13.5. The lowest BCUT2D eigenvalue weighted by molar-refractivity contribution is -0.385. The number of aromatic nitrogens is 2. The number of halogens is 1. The quantitative estimate of drug-likeness (QED) is 0.355. The maximum atomic E-state index is 13.7. The summed E-state index contributed by atoms with van der Waals surface area (Å²) in [6.45, 7) is 0. The van der Waals surface area contributed by atoms with Gasteiger partial charge < -0.3 is 4.74 Å². The number of ether oxygens (including phenoxy) is 1. The Hall–Kier alpha value is -4.60. The molecule has 1 amide bonds. The van der Waals surface area contributed by atoms with E-state index in [2.05, 4.69) is 20.8 Å². The third-order valence-corrected chi connectivity index (χ3v) is 4.32. The molecule has 1 aromatic heterocycles. The minimum absolute atomic E-state index is 0.237. The third-order valence-electron chi connectivity index (χ3n) is 4.32. The van der Waals surface area contributed by atoms with Gasteiger partial charge in [0, 0.05) is 0 Å². The van der Waals surface area contributed by atoms with Crippen molar-refractivity contribution >= 4 is 28.2 Å². The second kappa shape index (κ2) is 8.41. The molecule has 0 saturated carbocycles. The van der Waals surface area contributed by atoms with E-state index in [0.29, 0.717) is 5.75 Å². The summed E-state index contributed by atoms with van der Waals surface area (Å²) in [6.07, 6.45) is 1.04. The number of anilines is 1. The molecule has 0 atom stereocenters. The van der Waals surface area contributed by atoms with Crippen LogP contribution in [-0.4, -0.2) is 20.8 Å². The Morgan fingerprint density at radius 1 is 1.00 bits per heavy atom. The molecular formula is C21H14FN5O4. The Bertz CT molecular complexity index is 1300. The van der Waals surface area contributed by atoms with Crippen LogP contribution in [0.3, 0.4) is 0 Å². The summed E-state index contributed by atoms with van der Waals surface area (Å²) in [5.74, 6) is -1.87. The Morgan fingerprint density at radius 2 is 1.74 bits per heavy atom. The van der Waals surface area contributed by atoms with Crippen molar-refractivity contribution in [2.75, 3.05) is 5.43 Å². The number of nitrogens with zero attached hydrogens (tertiary/aromatic N) is 3. The lowest BCUT2D eigenvalue weighted by Gasteiger charge is -2.11. The van der Waals surface area contributed by atoms with Gasteiger partial charge in [-0.2, -0.15) is 4.98 Å². The fourth-order valence-electron chi connectivity index (χ4n) is 2.86. The van der Waals surface area contributed by atoms with Gasteiger partial charge in [-0.1, -0.05) is 42.5 Å². The van der Waals surface area contributed by atoms with Crippen LogP contribution in [0.15, 0.2) is 73.1 Å². The van der Waals surface area contributed by atoms with Crippen LogP contribution in [0.25, 0.3) is 10.8 Å². The largest absolute Gasteiger partial charge is 0.434 e. The van der Waals surface area contributed by atoms with E-state index in [1.807, 2.05) is 30.3 Å². The lowest BCUT2D eigenvalue weighted by Crippen LogP contribution is -2.31. The van der Waals surface area contributed by atoms with Crippen molar-refractivity contribution in [2.45, 2.75) is 0 Å². The molecule has 31 heavy (non-hydrogen) atoms. The first-order valence-electron chi connectivity index (χ1n) is 9.00. The zero-order valence-corrected chi connectivity index (χ0v) is 15.8. The highest BCUT2D eigenvalue weighted by atomic mass is 19.1. The molecule has 4 aromatic rings. The maximum absolute atomic E-state index is 13.7. The smallest absolute Gasteiger partial charge is 0.374 e. The number of rotatable bonds is 6. The van der Waals surface area contributed by atoms with Gasteiger partial charge in [0.2, 0.25) is 5.82 Å². The standard InChI is InChI=1S/C21H14FN5O4/c22-17-8-4-3-7-16(17)20(28)26-25-19-18(27(29)30)21(24-12-23-19)31-15-10-9-13-5-1-2-6-14(13)11-15/h1-12H,(H,26,28)(H,23,24,25). The highest BCUT2D eigenvalue weighted by Gasteiger charge is 2.26. The SMILES string of the molecule is O=C(NNc1ncnc(Oc2ccc3ccccc3c2)c1[N+](=O)[O-])c1ccccc1F. The molecule has 0 radical (unpaired) electrons. The number of hydrazine groups is 1. The second-order valence-corrected chi connectivity index (χ2v) is 6.30. The van der Waals surface area contributed by atoms with Crippen molar-refractivity contribution in [2.24, 2.45) is 0 Å². The van der Waals surface area contributed by atoms with Crippen LogP contribution in [0.4, 0.5) is 15.9 Å². The number of nitrogens with one attached hydrogen (secondary N) is 2. The first-order valence-corrected chi connectivity index (χ1v) is 9.00. The Kier molecular flexibility index (Phi) is 5.35. The Labute approximate surface area is 174 Å². The molecule has 0 aliphatic heterocycles. The fraction of sp³-hybridized carbons (Fsp3) is 0. The van der Waals surface area contributed by atoms with E-state index in [1.165, 1.54) is 18.2 Å². The first-order chi connectivity index (χ1) is 15.0. The highest BCUT2D eigenvalue weighted by Crippen LogP contribution is 2.34. The number of hydrogen-bond acceptors (Lipinski definition) is 7. The summed E-state index contributed by atoms with van der Waals surface area (Å²) in [6, 6.07) is 18.1. The minimum Gasteiger partial charge on any atom is -0.434 e. The van der Waals surface area contributed by atoms with E-state index in [1.54, 1.807) is 12.1 Å². The summed E-state index contributed by atoms with van der Waals surface area (Å²) >= 11 is 0. The summed E-state index contributed by atoms with van der Waals surface area (Å²) < 4.78 is 19.4. The number of fused-ring (bicyclic) bond motifs is 1. The Morgan fingerprint density at radius 3 is 2.52 bits per heavy atom. The lowest BCUT2D eigenvalue weighted by atomic mass is 10.1. The van der Waals surface area contributed by atoms with Gasteiger partial charge in [0.1, 0.15) is 17.9 Å². The normalized spacial score (nSPS) is 10.5. The number of carbonyl (C=O) groups is 1. The number of hydrogen-bond donors (Lipinski definition) is 2. The van der Waals surface area contributed by atoms with Crippen LogP contribution < -0.4 is 15.6 Å². The van der Waals surface area contributed by atoms with Gasteiger partial charge in [-0.05, 0) is 35.0 Å². The molecule has 0 bridgehead atoms. The predicted molar refractivity (Wildman–Crippen MR) is 110 cm³/mol. The van der Waals surface area contributed by atoms with Crippen LogP contribution in [0.5, 0.6) is 11.6 Å². The molecule has 1 heterocycles. The molecule has 0 aliphatic carbocycles. The number of carbonyl (C=O) groups excluding carboxylic acids is 1. The Balaban J connectivity index is 1.59. The zero-order chi connectivity index (χ0) is 21.8. The van der Waals surface area contributed by atoms with Crippen molar-refractivity contribution in [3.63, 3.8) is 0 Å². The van der Waals surface area contributed by atoms with E-state index in [4.69, 9.17) is 4.74 Å². The molecule has 0 fully saturated rings. The first kappa shape index (κ1) is 19.7. The van der Waals surface area contributed by atoms with Crippen molar-refractivity contribution in [1.82, 2.24) is 15.4 Å². The summed E-state index contributed by atoms with van der Waals surface area (Å²) in [5.41, 5.74) is 3.69. The second-order valence-electron chi connectivity index (χ2n) is 6.30. The molecule has 154 valence electrons. The topological polar surface area (TPSA) is 119 Å². The predicted octanol–water partition coefficient (Wildman–Crippen LogP) is 4.23. The average Bonchev–Trinajstić information content (AvgIpc) is 2.77. The molecule has 3 aromatic carbocycles. The molecular weight excluding hydrogens is 405 g/mol. The van der Waals surface area contributed by atoms with E-state index >= 15 is 0 Å². The molecule has 10 heteroatoms. The van der Waals surface area contributed by atoms with Crippen molar-refractivity contribution in [3.05, 3.63) is 94.6 Å². The number of amides is 1. The van der Waals surface area contributed by atoms with Gasteiger partial charge in [0.25, 0.3) is 5.91 Å². The molecule has 0 spiro atoms. The highest BCUT2D eigenvalue weighted by molar-refractivity contribution is 5.95. The van der Waals surface area contributed by atoms with E-state index in [-0.39, 0.29) is 17.3 Å². The summed E-state index contributed by atoms with van der Waals surface area (Å²) in [7, 11) is 0. The molecule has 0 aliphatic rings. The molecule has 0 unspecified atom stereocenters. The molecule has 0 saturated heterocycles. The average molecular weight is 419 g/mol. The van der Waals surface area contributed by atoms with Crippen molar-refractivity contribution < 1.29 is 18.8 Å². The molecule has 4 rings (SSSR count). The van der Waals surface area contributed by atoms with Gasteiger partial charge in [-0.3, -0.25) is 25.8 Å². The zero-order valence-electron chi connectivity index (χ0n) is 15.8. The number of nitro groups is 1. The summed E-state index contributed by atoms with van der Waals surface area (Å²) in [4.78, 5) is 30.7.